The van der Waals surface area contributed by atoms with Crippen molar-refractivity contribution >= 4 is 77.3 Å². The van der Waals surface area contributed by atoms with Crippen LogP contribution in [0.2, 0.25) is 0 Å². The highest BCUT2D eigenvalue weighted by molar-refractivity contribution is 7.93. The van der Waals surface area contributed by atoms with Gasteiger partial charge < -0.3 is 20.1 Å². The topological polar surface area (TPSA) is 132 Å². The average Bonchev–Trinajstić information content (AvgIpc) is 3.56. The Morgan fingerprint density at radius 2 is 1.88 bits per heavy atom. The minimum atomic E-state index is -3.78. The molecule has 40 heavy (non-hydrogen) atoms. The van der Waals surface area contributed by atoms with E-state index in [0.717, 1.165) is 21.6 Å². The predicted octanol–water partition coefficient (Wildman–Crippen LogP) is 3.98. The number of fused-ring (bicyclic) bond motifs is 3. The van der Waals surface area contributed by atoms with Crippen molar-refractivity contribution in [1.29, 1.82) is 0 Å². The number of H-pyrrole nitrogens is 1. The largest absolute Gasteiger partial charge is 0.352 e. The Morgan fingerprint density at radius 3 is 2.60 bits per heavy atom. The fourth-order valence-electron chi connectivity index (χ4n) is 4.58. The van der Waals surface area contributed by atoms with E-state index in [0.29, 0.717) is 54.6 Å². The summed E-state index contributed by atoms with van der Waals surface area (Å²) in [5, 5.41) is 14.3. The van der Waals surface area contributed by atoms with Gasteiger partial charge in [0.05, 0.1) is 15.8 Å². The number of hydrogen-bond donors (Lipinski definition) is 3. The number of nitrogens with one attached hydrogen (secondary N) is 3. The summed E-state index contributed by atoms with van der Waals surface area (Å²) in [5.74, 6) is 0.487. The van der Waals surface area contributed by atoms with Crippen molar-refractivity contribution in [3.63, 3.8) is 0 Å². The first-order valence-corrected chi connectivity index (χ1v) is 15.2. The maximum atomic E-state index is 13.7. The highest BCUT2D eigenvalue weighted by atomic mass is 32.2. The van der Waals surface area contributed by atoms with Crippen molar-refractivity contribution in [2.75, 3.05) is 41.1 Å². The van der Waals surface area contributed by atoms with Crippen LogP contribution in [0.25, 0.3) is 21.9 Å². The maximum Gasteiger partial charge on any atom is 0.263 e. The predicted molar refractivity (Wildman–Crippen MR) is 158 cm³/mol. The standard InChI is InChI=1S/C25H24FN9O2S3/c1-2-20-31-32-24(39-20)33-40(36,37)17-6-4-16(5-7-17)29-25(38)35-11-9-34(10-12-35)23-21-18-8-3-15(26)13-19(18)30-22(21)27-14-28-23/h3-8,13-14H,2,9-12H2,1H3,(H,29,38)(H,32,33)(H,27,28,30). The highest BCUT2D eigenvalue weighted by Gasteiger charge is 2.23. The number of piperazine rings is 1. The van der Waals surface area contributed by atoms with Crippen molar-refractivity contribution in [2.45, 2.75) is 18.2 Å². The Kier molecular flexibility index (Phi) is 6.93. The Labute approximate surface area is 238 Å². The molecule has 4 heterocycles. The van der Waals surface area contributed by atoms with E-state index >= 15 is 0 Å². The molecule has 0 unspecified atom stereocenters. The van der Waals surface area contributed by atoms with E-state index in [1.165, 1.54) is 41.9 Å². The van der Waals surface area contributed by atoms with Gasteiger partial charge in [-0.15, -0.1) is 10.2 Å². The van der Waals surface area contributed by atoms with Crippen LogP contribution in [-0.4, -0.2) is 69.8 Å². The first-order chi connectivity index (χ1) is 19.3. The summed E-state index contributed by atoms with van der Waals surface area (Å²) < 4.78 is 41.6. The van der Waals surface area contributed by atoms with Crippen molar-refractivity contribution in [3.8, 4) is 0 Å². The number of aryl methyl sites for hydroxylation is 1. The first-order valence-electron chi connectivity index (χ1n) is 12.5. The van der Waals surface area contributed by atoms with Crippen molar-refractivity contribution in [2.24, 2.45) is 0 Å². The van der Waals surface area contributed by atoms with Crippen LogP contribution in [0.4, 0.5) is 21.0 Å². The van der Waals surface area contributed by atoms with E-state index < -0.39 is 10.0 Å². The monoisotopic (exact) mass is 597 g/mol. The molecular formula is C25H24FN9O2S3. The molecule has 6 rings (SSSR count). The normalized spacial score (nSPS) is 14.2. The lowest BCUT2D eigenvalue weighted by Gasteiger charge is -2.37. The quantitative estimate of drug-likeness (QED) is 0.247. The summed E-state index contributed by atoms with van der Waals surface area (Å²) in [6.45, 7) is 4.60. The fraction of sp³-hybridized carbons (Fsp3) is 0.240. The van der Waals surface area contributed by atoms with Crippen LogP contribution in [0.3, 0.4) is 0 Å². The molecule has 1 aliphatic heterocycles. The van der Waals surface area contributed by atoms with Crippen LogP contribution in [-0.2, 0) is 16.4 Å². The molecule has 1 fully saturated rings. The minimum absolute atomic E-state index is 0.113. The fourth-order valence-corrected chi connectivity index (χ4v) is 6.79. The van der Waals surface area contributed by atoms with Gasteiger partial charge in [-0.05, 0) is 61.1 Å². The van der Waals surface area contributed by atoms with Gasteiger partial charge in [-0.2, -0.15) is 0 Å². The zero-order valence-corrected chi connectivity index (χ0v) is 23.7. The average molecular weight is 598 g/mol. The lowest BCUT2D eigenvalue weighted by Crippen LogP contribution is -2.50. The van der Waals surface area contributed by atoms with Gasteiger partial charge in [-0.25, -0.2) is 22.8 Å². The number of nitrogens with zero attached hydrogens (tertiary/aromatic N) is 6. The first kappa shape index (κ1) is 26.3. The molecule has 0 spiro atoms. The number of hydrogen-bond acceptors (Lipinski definition) is 9. The van der Waals surface area contributed by atoms with E-state index in [2.05, 4.69) is 45.0 Å². The van der Waals surface area contributed by atoms with Crippen LogP contribution < -0.4 is 14.9 Å². The molecule has 0 bridgehead atoms. The zero-order valence-electron chi connectivity index (χ0n) is 21.3. The number of sulfonamides is 1. The summed E-state index contributed by atoms with van der Waals surface area (Å²) >= 11 is 6.85. The van der Waals surface area contributed by atoms with Crippen LogP contribution in [0.15, 0.2) is 53.7 Å². The summed E-state index contributed by atoms with van der Waals surface area (Å²) in [7, 11) is -3.78. The van der Waals surface area contributed by atoms with Gasteiger partial charge in [0, 0.05) is 37.3 Å². The molecule has 3 N–H and O–H groups in total. The van der Waals surface area contributed by atoms with Crippen molar-refractivity contribution in [1.82, 2.24) is 30.0 Å². The van der Waals surface area contributed by atoms with E-state index in [1.807, 2.05) is 6.92 Å². The third-order valence-corrected chi connectivity index (χ3v) is 9.43. The second-order valence-electron chi connectivity index (χ2n) is 9.12. The molecule has 1 saturated heterocycles. The second-order valence-corrected chi connectivity index (χ2v) is 12.3. The molecule has 11 nitrogen and oxygen atoms in total. The molecule has 0 radical (unpaired) electrons. The lowest BCUT2D eigenvalue weighted by atomic mass is 10.2. The molecular weight excluding hydrogens is 574 g/mol. The van der Waals surface area contributed by atoms with Crippen LogP contribution in [0, 0.1) is 5.82 Å². The Bertz CT molecular complexity index is 1810. The van der Waals surface area contributed by atoms with Gasteiger partial charge in [0.15, 0.2) is 5.11 Å². The molecule has 1 aliphatic rings. The molecule has 0 amide bonds. The van der Waals surface area contributed by atoms with Gasteiger partial charge in [0.2, 0.25) is 5.13 Å². The number of rotatable bonds is 6. The van der Waals surface area contributed by atoms with E-state index in [4.69, 9.17) is 12.2 Å². The number of aromatic nitrogens is 5. The number of benzene rings is 2. The van der Waals surface area contributed by atoms with E-state index in [9.17, 15) is 12.8 Å². The van der Waals surface area contributed by atoms with Crippen molar-refractivity contribution in [3.05, 3.63) is 59.6 Å². The highest BCUT2D eigenvalue weighted by Crippen LogP contribution is 2.32. The zero-order chi connectivity index (χ0) is 27.9. The smallest absolute Gasteiger partial charge is 0.263 e. The second kappa shape index (κ2) is 10.6. The molecule has 15 heteroatoms. The van der Waals surface area contributed by atoms with Gasteiger partial charge in [0.25, 0.3) is 10.0 Å². The molecule has 2 aromatic carbocycles. The molecule has 0 saturated carbocycles. The maximum absolute atomic E-state index is 13.7. The number of thiocarbonyl (C=S) groups is 1. The molecule has 206 valence electrons. The summed E-state index contributed by atoms with van der Waals surface area (Å²) in [6, 6.07) is 11.0. The van der Waals surface area contributed by atoms with Gasteiger partial charge >= 0.3 is 0 Å². The SMILES string of the molecule is CCc1nnc(NS(=O)(=O)c2ccc(NC(=S)N3CCN(c4ncnc5[nH]c6cc(F)ccc6c45)CC3)cc2)s1. The number of aromatic amines is 1. The van der Waals surface area contributed by atoms with E-state index in [1.54, 1.807) is 18.2 Å². The van der Waals surface area contributed by atoms with Gasteiger partial charge in [-0.3, -0.25) is 4.72 Å². The Hall–Kier alpha value is -3.95. The van der Waals surface area contributed by atoms with Crippen LogP contribution >= 0.6 is 23.6 Å². The molecule has 0 aliphatic carbocycles. The summed E-state index contributed by atoms with van der Waals surface area (Å²) in [4.78, 5) is 16.4. The third kappa shape index (κ3) is 5.14. The molecule has 3 aromatic heterocycles. The summed E-state index contributed by atoms with van der Waals surface area (Å²) in [5.41, 5.74) is 2.03. The number of anilines is 3. The van der Waals surface area contributed by atoms with Gasteiger partial charge in [-0.1, -0.05) is 18.3 Å². The molecule has 0 atom stereocenters. The number of halogens is 1. The van der Waals surface area contributed by atoms with E-state index in [-0.39, 0.29) is 15.8 Å². The van der Waals surface area contributed by atoms with Gasteiger partial charge in [0.1, 0.15) is 28.6 Å². The lowest BCUT2D eigenvalue weighted by molar-refractivity contribution is 0.390. The summed E-state index contributed by atoms with van der Waals surface area (Å²) in [6.07, 6.45) is 2.20. The Balaban J connectivity index is 1.09. The third-order valence-electron chi connectivity index (χ3n) is 6.60. The van der Waals surface area contributed by atoms with Crippen LogP contribution in [0.5, 0.6) is 0 Å². The minimum Gasteiger partial charge on any atom is -0.352 e. The van der Waals surface area contributed by atoms with Crippen molar-refractivity contribution < 1.29 is 12.8 Å². The molecule has 5 aromatic rings. The van der Waals surface area contributed by atoms with Crippen LogP contribution in [0.1, 0.15) is 11.9 Å². The Morgan fingerprint density at radius 1 is 1.10 bits per heavy atom.